The van der Waals surface area contributed by atoms with Crippen LogP contribution in [0.1, 0.15) is 18.4 Å². The first-order valence-corrected chi connectivity index (χ1v) is 7.27. The lowest BCUT2D eigenvalue weighted by Crippen LogP contribution is -2.38. The summed E-state index contributed by atoms with van der Waals surface area (Å²) >= 11 is 6.15. The molecule has 1 fully saturated rings. The average molecular weight is 334 g/mol. The third-order valence-electron chi connectivity index (χ3n) is 3.74. The van der Waals surface area contributed by atoms with E-state index in [4.69, 9.17) is 11.6 Å². The number of nitro groups is 1. The Morgan fingerprint density at radius 2 is 2.29 bits per heavy atom. The molecule has 5 nitrogen and oxygen atoms in total. The number of halogens is 2. The Bertz CT molecular complexity index is 483. The van der Waals surface area contributed by atoms with Crippen LogP contribution in [0.5, 0.6) is 0 Å². The lowest BCUT2D eigenvalue weighted by atomic mass is 9.97. The summed E-state index contributed by atoms with van der Waals surface area (Å²) in [7, 11) is 1.98. The van der Waals surface area contributed by atoms with Gasteiger partial charge in [0.15, 0.2) is 0 Å². The van der Waals surface area contributed by atoms with Crippen molar-refractivity contribution in [1.82, 2.24) is 10.2 Å². The van der Waals surface area contributed by atoms with Crippen molar-refractivity contribution in [1.29, 1.82) is 0 Å². The first-order valence-electron chi connectivity index (χ1n) is 6.90. The first kappa shape index (κ1) is 18.2. The maximum Gasteiger partial charge on any atom is 0.270 e. The number of piperidine rings is 1. The molecule has 1 aliphatic rings. The molecule has 1 atom stereocenters. The van der Waals surface area contributed by atoms with Crippen LogP contribution in [0.25, 0.3) is 0 Å². The summed E-state index contributed by atoms with van der Waals surface area (Å²) in [4.78, 5) is 12.7. The van der Waals surface area contributed by atoms with Crippen LogP contribution in [0.15, 0.2) is 18.2 Å². The number of hydrogen-bond donors (Lipinski definition) is 1. The number of hydrogen-bond acceptors (Lipinski definition) is 4. The van der Waals surface area contributed by atoms with E-state index in [2.05, 4.69) is 10.2 Å². The zero-order chi connectivity index (χ0) is 14.5. The van der Waals surface area contributed by atoms with Gasteiger partial charge in [0.25, 0.3) is 5.69 Å². The normalized spacial score (nSPS) is 19.0. The smallest absolute Gasteiger partial charge is 0.270 e. The SMILES string of the molecule is CNCC1CCCN(Cc2ccc([N+](=O)[O-])cc2Cl)C1.Cl. The fourth-order valence-electron chi connectivity index (χ4n) is 2.77. The Kier molecular flexibility index (Phi) is 7.39. The second-order valence-electron chi connectivity index (χ2n) is 5.33. The van der Waals surface area contributed by atoms with E-state index in [9.17, 15) is 10.1 Å². The fourth-order valence-corrected chi connectivity index (χ4v) is 3.00. The zero-order valence-electron chi connectivity index (χ0n) is 12.0. The van der Waals surface area contributed by atoms with Gasteiger partial charge in [0.05, 0.1) is 9.95 Å². The van der Waals surface area contributed by atoms with Gasteiger partial charge in [-0.2, -0.15) is 0 Å². The van der Waals surface area contributed by atoms with Gasteiger partial charge in [-0.15, -0.1) is 12.4 Å². The largest absolute Gasteiger partial charge is 0.319 e. The minimum absolute atomic E-state index is 0. The number of likely N-dealkylation sites (tertiary alicyclic amines) is 1. The Labute approximate surface area is 136 Å². The molecule has 1 aromatic carbocycles. The second-order valence-corrected chi connectivity index (χ2v) is 5.74. The van der Waals surface area contributed by atoms with Crippen molar-refractivity contribution in [3.63, 3.8) is 0 Å². The van der Waals surface area contributed by atoms with Gasteiger partial charge in [-0.05, 0) is 50.5 Å². The monoisotopic (exact) mass is 333 g/mol. The van der Waals surface area contributed by atoms with Gasteiger partial charge in [0.2, 0.25) is 0 Å². The topological polar surface area (TPSA) is 58.4 Å². The minimum atomic E-state index is -0.417. The van der Waals surface area contributed by atoms with Crippen molar-refractivity contribution >= 4 is 29.7 Å². The summed E-state index contributed by atoms with van der Waals surface area (Å²) in [5, 5.41) is 14.4. The van der Waals surface area contributed by atoms with E-state index < -0.39 is 4.92 Å². The van der Waals surface area contributed by atoms with Gasteiger partial charge < -0.3 is 5.32 Å². The number of nitrogens with zero attached hydrogens (tertiary/aromatic N) is 2. The molecular formula is C14H21Cl2N3O2. The Balaban J connectivity index is 0.00000220. The van der Waals surface area contributed by atoms with E-state index in [1.807, 2.05) is 7.05 Å². The average Bonchev–Trinajstić information content (AvgIpc) is 2.42. The van der Waals surface area contributed by atoms with Gasteiger partial charge in [-0.3, -0.25) is 15.0 Å². The zero-order valence-corrected chi connectivity index (χ0v) is 13.6. The summed E-state index contributed by atoms with van der Waals surface area (Å²) in [5.74, 6) is 0.672. The van der Waals surface area contributed by atoms with E-state index in [0.29, 0.717) is 10.9 Å². The highest BCUT2D eigenvalue weighted by molar-refractivity contribution is 6.31. The summed E-state index contributed by atoms with van der Waals surface area (Å²) in [6.45, 7) is 3.91. The predicted octanol–water partition coefficient (Wildman–Crippen LogP) is 3.10. The molecule has 118 valence electrons. The lowest BCUT2D eigenvalue weighted by molar-refractivity contribution is -0.384. The highest BCUT2D eigenvalue weighted by Gasteiger charge is 2.20. The van der Waals surface area contributed by atoms with Gasteiger partial charge in [0.1, 0.15) is 0 Å². The van der Waals surface area contributed by atoms with E-state index in [0.717, 1.165) is 31.7 Å². The van der Waals surface area contributed by atoms with E-state index in [1.165, 1.54) is 25.0 Å². The molecule has 0 amide bonds. The molecule has 0 spiro atoms. The van der Waals surface area contributed by atoms with Crippen LogP contribution in [-0.2, 0) is 6.54 Å². The summed E-state index contributed by atoms with van der Waals surface area (Å²) in [6.07, 6.45) is 2.45. The molecule has 1 aliphatic heterocycles. The van der Waals surface area contributed by atoms with Crippen LogP contribution in [0.3, 0.4) is 0 Å². The molecule has 1 unspecified atom stereocenters. The summed E-state index contributed by atoms with van der Waals surface area (Å²) in [6, 6.07) is 4.73. The number of nitrogens with one attached hydrogen (secondary N) is 1. The van der Waals surface area contributed by atoms with Crippen molar-refractivity contribution in [2.45, 2.75) is 19.4 Å². The van der Waals surface area contributed by atoms with Crippen molar-refractivity contribution < 1.29 is 4.92 Å². The number of benzene rings is 1. The molecule has 1 aromatic rings. The molecule has 1 N–H and O–H groups in total. The van der Waals surface area contributed by atoms with Crippen molar-refractivity contribution in [2.75, 3.05) is 26.7 Å². The fraction of sp³-hybridized carbons (Fsp3) is 0.571. The molecule has 0 aliphatic carbocycles. The maximum absolute atomic E-state index is 10.7. The van der Waals surface area contributed by atoms with Gasteiger partial charge >= 0.3 is 0 Å². The van der Waals surface area contributed by atoms with E-state index >= 15 is 0 Å². The van der Waals surface area contributed by atoms with Gasteiger partial charge in [-0.1, -0.05) is 11.6 Å². The third kappa shape index (κ3) is 5.11. The summed E-state index contributed by atoms with van der Waals surface area (Å²) in [5.41, 5.74) is 1.01. The maximum atomic E-state index is 10.7. The quantitative estimate of drug-likeness (QED) is 0.664. The number of nitro benzene ring substituents is 1. The lowest BCUT2D eigenvalue weighted by Gasteiger charge is -2.32. The molecular weight excluding hydrogens is 313 g/mol. The third-order valence-corrected chi connectivity index (χ3v) is 4.09. The van der Waals surface area contributed by atoms with Crippen molar-refractivity contribution in [2.24, 2.45) is 5.92 Å². The number of rotatable bonds is 5. The van der Waals surface area contributed by atoms with Crippen molar-refractivity contribution in [3.8, 4) is 0 Å². The van der Waals surface area contributed by atoms with Crippen LogP contribution < -0.4 is 5.32 Å². The van der Waals surface area contributed by atoms with Crippen LogP contribution in [0.2, 0.25) is 5.02 Å². The molecule has 0 saturated carbocycles. The standard InChI is InChI=1S/C14H20ClN3O2.ClH/c1-16-8-11-3-2-6-17(9-11)10-12-4-5-13(18(19)20)7-14(12)15;/h4-5,7,11,16H,2-3,6,8-10H2,1H3;1H. The first-order chi connectivity index (χ1) is 9.60. The molecule has 0 bridgehead atoms. The molecule has 1 saturated heterocycles. The summed E-state index contributed by atoms with van der Waals surface area (Å²) < 4.78 is 0. The molecule has 0 aromatic heterocycles. The Morgan fingerprint density at radius 1 is 1.52 bits per heavy atom. The highest BCUT2D eigenvalue weighted by Crippen LogP contribution is 2.25. The van der Waals surface area contributed by atoms with Gasteiger partial charge in [0, 0.05) is 25.2 Å². The molecule has 2 rings (SSSR count). The van der Waals surface area contributed by atoms with Crippen LogP contribution in [-0.4, -0.2) is 36.5 Å². The second kappa shape index (κ2) is 8.54. The van der Waals surface area contributed by atoms with Gasteiger partial charge in [-0.25, -0.2) is 0 Å². The Hall–Kier alpha value is -0.880. The minimum Gasteiger partial charge on any atom is -0.319 e. The molecule has 1 heterocycles. The van der Waals surface area contributed by atoms with Crippen LogP contribution in [0, 0.1) is 16.0 Å². The number of non-ortho nitro benzene ring substituents is 1. The molecule has 21 heavy (non-hydrogen) atoms. The highest BCUT2D eigenvalue weighted by atomic mass is 35.5. The predicted molar refractivity (Wildman–Crippen MR) is 87.3 cm³/mol. The van der Waals surface area contributed by atoms with E-state index in [1.54, 1.807) is 6.07 Å². The molecule has 7 heteroatoms. The molecule has 0 radical (unpaired) electrons. The van der Waals surface area contributed by atoms with E-state index in [-0.39, 0.29) is 18.1 Å². The van der Waals surface area contributed by atoms with Crippen LogP contribution in [0.4, 0.5) is 5.69 Å². The van der Waals surface area contributed by atoms with Crippen LogP contribution >= 0.6 is 24.0 Å². The van der Waals surface area contributed by atoms with Crippen molar-refractivity contribution in [3.05, 3.63) is 38.9 Å². The Morgan fingerprint density at radius 3 is 2.90 bits per heavy atom.